The molecule has 14 nitrogen and oxygen atoms in total. The largest absolute Gasteiger partial charge is 0.453 e. The van der Waals surface area contributed by atoms with Gasteiger partial charge in [0, 0.05) is 6.42 Å². The zero-order valence-electron chi connectivity index (χ0n) is 24.3. The lowest BCUT2D eigenvalue weighted by Gasteiger charge is -2.30. The van der Waals surface area contributed by atoms with Gasteiger partial charge < -0.3 is 29.6 Å². The molecule has 0 bridgehead atoms. The van der Waals surface area contributed by atoms with E-state index in [4.69, 9.17) is 14.3 Å². The van der Waals surface area contributed by atoms with Crippen molar-refractivity contribution in [3.63, 3.8) is 0 Å². The number of imidazole rings is 1. The number of amides is 2. The molecule has 4 N–H and O–H groups in total. The number of fused-ring (bicyclic) bond motifs is 1. The van der Waals surface area contributed by atoms with Crippen LogP contribution in [0.4, 0.5) is 15.5 Å². The summed E-state index contributed by atoms with van der Waals surface area (Å²) in [6, 6.07) is 12.6. The third-order valence-corrected chi connectivity index (χ3v) is 9.18. The van der Waals surface area contributed by atoms with E-state index < -0.39 is 47.0 Å². The van der Waals surface area contributed by atoms with Crippen LogP contribution in [-0.2, 0) is 35.5 Å². The normalized spacial score (nSPS) is 18.8. The molecule has 1 aromatic heterocycles. The number of nitrogens with one attached hydrogen (secondary N) is 3. The molecule has 3 aromatic rings. The van der Waals surface area contributed by atoms with Crippen LogP contribution >= 0.6 is 0 Å². The fourth-order valence-electron chi connectivity index (χ4n) is 5.21. The number of aliphatic hydroxyl groups is 1. The molecule has 2 heterocycles. The van der Waals surface area contributed by atoms with Gasteiger partial charge in [-0.05, 0) is 43.0 Å². The van der Waals surface area contributed by atoms with Crippen molar-refractivity contribution >= 4 is 39.2 Å². The van der Waals surface area contributed by atoms with Gasteiger partial charge >= 0.3 is 12.2 Å². The first-order chi connectivity index (χ1) is 21.2. The van der Waals surface area contributed by atoms with Gasteiger partial charge in [0.15, 0.2) is 0 Å². The highest BCUT2D eigenvalue weighted by molar-refractivity contribution is 7.89. The van der Waals surface area contributed by atoms with Crippen LogP contribution in [0.5, 0.6) is 0 Å². The van der Waals surface area contributed by atoms with Gasteiger partial charge in [-0.3, -0.25) is 10.2 Å². The smallest absolute Gasteiger partial charge is 0.413 e. The number of sulfonamides is 1. The Kier molecular flexibility index (Phi) is 10.3. The van der Waals surface area contributed by atoms with Crippen molar-refractivity contribution in [2.45, 2.75) is 67.8 Å². The highest BCUT2D eigenvalue weighted by Gasteiger charge is 2.35. The molecule has 15 heteroatoms. The molecule has 2 fully saturated rings. The fourth-order valence-corrected chi connectivity index (χ4v) is 6.53. The van der Waals surface area contributed by atoms with Gasteiger partial charge in [0.05, 0.1) is 61.0 Å². The van der Waals surface area contributed by atoms with E-state index in [1.54, 1.807) is 0 Å². The monoisotopic (exact) mass is 631 g/mol. The second-order valence-electron chi connectivity index (χ2n) is 10.8. The number of H-pyrrole nitrogens is 1. The molecule has 238 valence electrons. The molecule has 0 radical (unpaired) electrons. The van der Waals surface area contributed by atoms with Crippen LogP contribution in [-0.4, -0.2) is 91.4 Å². The average Bonchev–Trinajstić information content (AvgIpc) is 3.79. The Balaban J connectivity index is 1.38. The van der Waals surface area contributed by atoms with E-state index in [1.165, 1.54) is 25.3 Å². The average molecular weight is 632 g/mol. The van der Waals surface area contributed by atoms with Crippen molar-refractivity contribution in [1.82, 2.24) is 19.8 Å². The van der Waals surface area contributed by atoms with Crippen LogP contribution in [0.1, 0.15) is 37.7 Å². The maximum absolute atomic E-state index is 14.0. The minimum absolute atomic E-state index is 0.0850. The molecule has 2 aromatic carbocycles. The van der Waals surface area contributed by atoms with E-state index in [0.717, 1.165) is 22.9 Å². The second kappa shape index (κ2) is 14.3. The van der Waals surface area contributed by atoms with Crippen molar-refractivity contribution in [3.8, 4) is 0 Å². The summed E-state index contributed by atoms with van der Waals surface area (Å²) in [6.07, 6.45) is 0.340. The van der Waals surface area contributed by atoms with E-state index in [9.17, 15) is 23.1 Å². The summed E-state index contributed by atoms with van der Waals surface area (Å²) in [6.45, 7) is 0.327. The molecule has 1 saturated heterocycles. The maximum atomic E-state index is 14.0. The zero-order chi connectivity index (χ0) is 31.1. The van der Waals surface area contributed by atoms with Crippen molar-refractivity contribution in [1.29, 1.82) is 0 Å². The van der Waals surface area contributed by atoms with E-state index in [-0.39, 0.29) is 23.4 Å². The lowest BCUT2D eigenvalue weighted by molar-refractivity contribution is -0.145. The van der Waals surface area contributed by atoms with Gasteiger partial charge in [0.25, 0.3) is 10.0 Å². The number of alkyl carbamates (subject to hydrolysis) is 1. The first-order valence-electron chi connectivity index (χ1n) is 14.5. The Labute approximate surface area is 255 Å². The first kappa shape index (κ1) is 31.7. The summed E-state index contributed by atoms with van der Waals surface area (Å²) in [5.74, 6) is 0.0850. The number of aliphatic hydroxyl groups excluding tert-OH is 1. The van der Waals surface area contributed by atoms with Crippen molar-refractivity contribution in [2.75, 3.05) is 32.2 Å². The number of hydrogen-bond donors (Lipinski definition) is 4. The van der Waals surface area contributed by atoms with E-state index in [1.807, 2.05) is 30.3 Å². The molecular weight excluding hydrogens is 594 g/mol. The Bertz CT molecular complexity index is 1520. The SMILES string of the molecule is COC(=O)Nc1nc2ccc(S(=O)(=O)N(CC(O)[C@H](Cc3ccccc3)NC(=O)OC3CCOC3)OC3CCCC3)cc2[nH]1. The molecule has 0 spiro atoms. The van der Waals surface area contributed by atoms with Crippen molar-refractivity contribution in [3.05, 3.63) is 54.1 Å². The molecule has 2 unspecified atom stereocenters. The van der Waals surface area contributed by atoms with Crippen LogP contribution in [0, 0.1) is 0 Å². The number of methoxy groups -OCH3 is 1. The van der Waals surface area contributed by atoms with Gasteiger partial charge in [-0.25, -0.2) is 23.0 Å². The number of aromatic nitrogens is 2. The highest BCUT2D eigenvalue weighted by Crippen LogP contribution is 2.28. The van der Waals surface area contributed by atoms with E-state index in [2.05, 4.69) is 25.3 Å². The van der Waals surface area contributed by atoms with Crippen LogP contribution < -0.4 is 10.6 Å². The summed E-state index contributed by atoms with van der Waals surface area (Å²) < 4.78 is 44.1. The van der Waals surface area contributed by atoms with Gasteiger partial charge in [-0.15, -0.1) is 0 Å². The van der Waals surface area contributed by atoms with Gasteiger partial charge in [0.1, 0.15) is 6.10 Å². The van der Waals surface area contributed by atoms with Crippen LogP contribution in [0.3, 0.4) is 0 Å². The standard InChI is InChI=1S/C29H37N5O9S/c1-40-28(36)33-27-30-23-12-11-22(16-24(23)31-27)44(38,39)34(43-20-9-5-6-10-20)17-26(35)25(15-19-7-3-2-4-8-19)32-29(37)42-21-13-14-41-18-21/h2-4,7-8,11-12,16,20-21,25-26,35H,5-6,9-10,13-15,17-18H2,1H3,(H,32,37)(H2,30,31,33,36)/t21?,25-,26?/m0/s1. The van der Waals surface area contributed by atoms with Crippen molar-refractivity contribution < 1.29 is 42.2 Å². The van der Waals surface area contributed by atoms with Gasteiger partial charge in [-0.2, -0.15) is 0 Å². The number of anilines is 1. The molecule has 5 rings (SSSR count). The number of nitrogens with zero attached hydrogens (tertiary/aromatic N) is 2. The predicted octanol–water partition coefficient (Wildman–Crippen LogP) is 3.09. The topological polar surface area (TPSA) is 181 Å². The Morgan fingerprint density at radius 2 is 1.89 bits per heavy atom. The first-order valence-corrected chi connectivity index (χ1v) is 16.0. The number of hydrogen-bond acceptors (Lipinski definition) is 10. The Hall–Kier alpha value is -3.76. The summed E-state index contributed by atoms with van der Waals surface area (Å²) >= 11 is 0. The lowest BCUT2D eigenvalue weighted by Crippen LogP contribution is -2.51. The molecular formula is C29H37N5O9S. The fraction of sp³-hybridized carbons (Fsp3) is 0.483. The van der Waals surface area contributed by atoms with Crippen molar-refractivity contribution in [2.24, 2.45) is 0 Å². The molecule has 44 heavy (non-hydrogen) atoms. The number of hydroxylamine groups is 1. The van der Waals surface area contributed by atoms with Crippen LogP contribution in [0.2, 0.25) is 0 Å². The van der Waals surface area contributed by atoms with E-state index in [0.29, 0.717) is 43.5 Å². The zero-order valence-corrected chi connectivity index (χ0v) is 25.1. The molecule has 1 aliphatic heterocycles. The van der Waals surface area contributed by atoms with Crippen LogP contribution in [0.15, 0.2) is 53.4 Å². The Morgan fingerprint density at radius 3 is 2.59 bits per heavy atom. The molecule has 2 amide bonds. The maximum Gasteiger partial charge on any atom is 0.413 e. The quantitative estimate of drug-likeness (QED) is 0.217. The summed E-state index contributed by atoms with van der Waals surface area (Å²) in [5.41, 5.74) is 1.59. The number of rotatable bonds is 12. The predicted molar refractivity (Wildman–Crippen MR) is 158 cm³/mol. The number of aromatic amines is 1. The number of ether oxygens (including phenoxy) is 3. The highest BCUT2D eigenvalue weighted by atomic mass is 32.2. The third-order valence-electron chi connectivity index (χ3n) is 7.56. The molecule has 1 saturated carbocycles. The summed E-state index contributed by atoms with van der Waals surface area (Å²) in [5, 5.41) is 16.6. The van der Waals surface area contributed by atoms with Crippen LogP contribution in [0.25, 0.3) is 11.0 Å². The van der Waals surface area contributed by atoms with Gasteiger partial charge in [0.2, 0.25) is 5.95 Å². The summed E-state index contributed by atoms with van der Waals surface area (Å²) in [4.78, 5) is 37.4. The lowest BCUT2D eigenvalue weighted by atomic mass is 10.0. The minimum Gasteiger partial charge on any atom is -0.453 e. The minimum atomic E-state index is -4.32. The molecule has 2 aliphatic rings. The second-order valence-corrected chi connectivity index (χ2v) is 12.6. The van der Waals surface area contributed by atoms with E-state index >= 15 is 0 Å². The number of benzene rings is 2. The van der Waals surface area contributed by atoms with Gasteiger partial charge in [-0.1, -0.05) is 47.6 Å². The molecule has 1 aliphatic carbocycles. The molecule has 3 atom stereocenters. The Morgan fingerprint density at radius 1 is 1.11 bits per heavy atom. The summed E-state index contributed by atoms with van der Waals surface area (Å²) in [7, 11) is -3.10. The third kappa shape index (κ3) is 8.04. The number of carbonyl (C=O) groups is 2. The number of carbonyl (C=O) groups excluding carboxylic acids is 2.